The molecule has 0 saturated heterocycles. The van der Waals surface area contributed by atoms with Crippen LogP contribution in [0.5, 0.6) is 11.5 Å². The highest BCUT2D eigenvalue weighted by molar-refractivity contribution is 7.98. The summed E-state index contributed by atoms with van der Waals surface area (Å²) in [4.78, 5) is 0. The lowest BCUT2D eigenvalue weighted by Crippen LogP contribution is -2.02. The maximum atomic E-state index is 5.44. The van der Waals surface area contributed by atoms with Crippen LogP contribution in [0, 0.1) is 0 Å². The summed E-state index contributed by atoms with van der Waals surface area (Å²) in [6, 6.07) is 5.92. The number of para-hydroxylation sites is 1. The van der Waals surface area contributed by atoms with E-state index in [0.717, 1.165) is 28.6 Å². The minimum Gasteiger partial charge on any atom is -0.493 e. The predicted molar refractivity (Wildman–Crippen MR) is 64.8 cm³/mol. The third kappa shape index (κ3) is 3.32. The molecule has 0 heterocycles. The molecule has 0 fully saturated rings. The van der Waals surface area contributed by atoms with Crippen LogP contribution in [0.3, 0.4) is 0 Å². The average molecular weight is 227 g/mol. The normalized spacial score (nSPS) is 10.1. The molecule has 4 heteroatoms. The van der Waals surface area contributed by atoms with Crippen LogP contribution in [0.1, 0.15) is 5.56 Å². The lowest BCUT2D eigenvalue weighted by Gasteiger charge is -2.11. The number of methoxy groups -OCH3 is 2. The number of ether oxygens (including phenoxy) is 2. The Morgan fingerprint density at radius 1 is 1.27 bits per heavy atom. The molecule has 0 aliphatic rings. The summed E-state index contributed by atoms with van der Waals surface area (Å²) in [5.41, 5.74) is 6.59. The molecular formula is C11H17NO2S. The third-order valence-corrected chi connectivity index (χ3v) is 3.04. The molecule has 0 aliphatic carbocycles. The van der Waals surface area contributed by atoms with Crippen LogP contribution in [0.4, 0.5) is 0 Å². The van der Waals surface area contributed by atoms with Gasteiger partial charge in [-0.1, -0.05) is 12.1 Å². The van der Waals surface area contributed by atoms with Crippen LogP contribution in [0.2, 0.25) is 0 Å². The van der Waals surface area contributed by atoms with Gasteiger partial charge in [0.1, 0.15) is 0 Å². The van der Waals surface area contributed by atoms with Crippen molar-refractivity contribution in [3.63, 3.8) is 0 Å². The smallest absolute Gasteiger partial charge is 0.164 e. The Balaban J connectivity index is 2.76. The van der Waals surface area contributed by atoms with E-state index in [1.54, 1.807) is 26.0 Å². The van der Waals surface area contributed by atoms with E-state index in [-0.39, 0.29) is 0 Å². The Morgan fingerprint density at radius 3 is 2.67 bits per heavy atom. The third-order valence-electron chi connectivity index (χ3n) is 2.00. The van der Waals surface area contributed by atoms with Gasteiger partial charge in [-0.15, -0.1) is 0 Å². The van der Waals surface area contributed by atoms with Gasteiger partial charge in [-0.25, -0.2) is 0 Å². The van der Waals surface area contributed by atoms with Gasteiger partial charge in [0.2, 0.25) is 0 Å². The zero-order chi connectivity index (χ0) is 11.1. The van der Waals surface area contributed by atoms with E-state index >= 15 is 0 Å². The number of nitrogens with two attached hydrogens (primary N) is 1. The van der Waals surface area contributed by atoms with Gasteiger partial charge in [-0.05, 0) is 6.07 Å². The lowest BCUT2D eigenvalue weighted by molar-refractivity contribution is 0.352. The fourth-order valence-electron chi connectivity index (χ4n) is 1.33. The molecule has 2 N–H and O–H groups in total. The Labute approximate surface area is 94.9 Å². The molecule has 1 aromatic carbocycles. The number of rotatable bonds is 6. The maximum Gasteiger partial charge on any atom is 0.164 e. The largest absolute Gasteiger partial charge is 0.493 e. The van der Waals surface area contributed by atoms with Crippen molar-refractivity contribution in [3.05, 3.63) is 23.8 Å². The molecule has 3 nitrogen and oxygen atoms in total. The standard InChI is InChI=1S/C11H17NO2S/c1-13-10-5-3-4-9(11(10)14-2)8-15-7-6-12/h3-5H,6-8,12H2,1-2H3. The van der Waals surface area contributed by atoms with Crippen LogP contribution in [0.15, 0.2) is 18.2 Å². The van der Waals surface area contributed by atoms with E-state index in [4.69, 9.17) is 15.2 Å². The molecule has 0 aromatic heterocycles. The van der Waals surface area contributed by atoms with Crippen molar-refractivity contribution in [1.82, 2.24) is 0 Å². The fraction of sp³-hybridized carbons (Fsp3) is 0.455. The molecular weight excluding hydrogens is 210 g/mol. The van der Waals surface area contributed by atoms with E-state index in [2.05, 4.69) is 0 Å². The topological polar surface area (TPSA) is 44.5 Å². The fourth-order valence-corrected chi connectivity index (χ4v) is 2.09. The molecule has 1 aromatic rings. The van der Waals surface area contributed by atoms with E-state index in [0.29, 0.717) is 6.54 Å². The predicted octanol–water partition coefficient (Wildman–Crippen LogP) is 1.90. The summed E-state index contributed by atoms with van der Waals surface area (Å²) >= 11 is 1.79. The zero-order valence-electron chi connectivity index (χ0n) is 9.16. The summed E-state index contributed by atoms with van der Waals surface area (Å²) in [5.74, 6) is 3.46. The van der Waals surface area contributed by atoms with Gasteiger partial charge in [0.25, 0.3) is 0 Å². The summed E-state index contributed by atoms with van der Waals surface area (Å²) in [7, 11) is 3.31. The first-order valence-electron chi connectivity index (χ1n) is 4.81. The van der Waals surface area contributed by atoms with Gasteiger partial charge in [0.15, 0.2) is 11.5 Å². The molecule has 0 saturated carbocycles. The first-order chi connectivity index (χ1) is 7.33. The van der Waals surface area contributed by atoms with Crippen molar-refractivity contribution in [2.75, 3.05) is 26.5 Å². The Morgan fingerprint density at radius 2 is 2.07 bits per heavy atom. The second-order valence-electron chi connectivity index (χ2n) is 2.99. The van der Waals surface area contributed by atoms with Crippen LogP contribution in [-0.2, 0) is 5.75 Å². The SMILES string of the molecule is COc1cccc(CSCCN)c1OC. The van der Waals surface area contributed by atoms with E-state index < -0.39 is 0 Å². The minimum atomic E-state index is 0.705. The van der Waals surface area contributed by atoms with Gasteiger partial charge < -0.3 is 15.2 Å². The molecule has 0 amide bonds. The van der Waals surface area contributed by atoms with Gasteiger partial charge in [0.05, 0.1) is 14.2 Å². The molecule has 84 valence electrons. The number of hydrogen-bond donors (Lipinski definition) is 1. The van der Waals surface area contributed by atoms with Crippen molar-refractivity contribution in [2.45, 2.75) is 5.75 Å². The second kappa shape index (κ2) is 6.58. The summed E-state index contributed by atoms with van der Waals surface area (Å²) in [5, 5.41) is 0. The van der Waals surface area contributed by atoms with E-state index in [1.807, 2.05) is 18.2 Å². The molecule has 0 unspecified atom stereocenters. The van der Waals surface area contributed by atoms with Crippen molar-refractivity contribution in [1.29, 1.82) is 0 Å². The first kappa shape index (κ1) is 12.2. The molecule has 0 radical (unpaired) electrons. The molecule has 1 rings (SSSR count). The van der Waals surface area contributed by atoms with E-state index in [1.165, 1.54) is 0 Å². The summed E-state index contributed by atoms with van der Waals surface area (Å²) in [6.07, 6.45) is 0. The Kier molecular flexibility index (Phi) is 5.36. The minimum absolute atomic E-state index is 0.705. The zero-order valence-corrected chi connectivity index (χ0v) is 9.97. The Bertz CT molecular complexity index is 305. The van der Waals surface area contributed by atoms with Crippen LogP contribution in [0.25, 0.3) is 0 Å². The number of hydrogen-bond acceptors (Lipinski definition) is 4. The second-order valence-corrected chi connectivity index (χ2v) is 4.10. The highest BCUT2D eigenvalue weighted by atomic mass is 32.2. The van der Waals surface area contributed by atoms with Crippen molar-refractivity contribution < 1.29 is 9.47 Å². The van der Waals surface area contributed by atoms with Gasteiger partial charge in [-0.3, -0.25) is 0 Å². The van der Waals surface area contributed by atoms with Gasteiger partial charge in [0, 0.05) is 23.6 Å². The van der Waals surface area contributed by atoms with Crippen LogP contribution >= 0.6 is 11.8 Å². The lowest BCUT2D eigenvalue weighted by atomic mass is 10.2. The molecule has 15 heavy (non-hydrogen) atoms. The monoisotopic (exact) mass is 227 g/mol. The molecule has 0 bridgehead atoms. The first-order valence-corrected chi connectivity index (χ1v) is 5.96. The van der Waals surface area contributed by atoms with E-state index in [9.17, 15) is 0 Å². The quantitative estimate of drug-likeness (QED) is 0.754. The highest BCUT2D eigenvalue weighted by Gasteiger charge is 2.08. The van der Waals surface area contributed by atoms with Gasteiger partial charge in [-0.2, -0.15) is 11.8 Å². The number of thioether (sulfide) groups is 1. The molecule has 0 atom stereocenters. The van der Waals surface area contributed by atoms with Crippen molar-refractivity contribution >= 4 is 11.8 Å². The highest BCUT2D eigenvalue weighted by Crippen LogP contribution is 2.32. The van der Waals surface area contributed by atoms with Crippen molar-refractivity contribution in [2.24, 2.45) is 5.73 Å². The van der Waals surface area contributed by atoms with Crippen molar-refractivity contribution in [3.8, 4) is 11.5 Å². The average Bonchev–Trinajstić information content (AvgIpc) is 2.29. The number of benzene rings is 1. The Hall–Kier alpha value is -0.870. The van der Waals surface area contributed by atoms with Crippen LogP contribution < -0.4 is 15.2 Å². The molecule has 0 spiro atoms. The summed E-state index contributed by atoms with van der Waals surface area (Å²) < 4.78 is 10.6. The van der Waals surface area contributed by atoms with Crippen LogP contribution in [-0.4, -0.2) is 26.5 Å². The van der Waals surface area contributed by atoms with Gasteiger partial charge >= 0.3 is 0 Å². The maximum absolute atomic E-state index is 5.44. The molecule has 0 aliphatic heterocycles. The summed E-state index contributed by atoms with van der Waals surface area (Å²) in [6.45, 7) is 0.705.